The fourth-order valence-corrected chi connectivity index (χ4v) is 1.54. The van der Waals surface area contributed by atoms with Gasteiger partial charge in [0.15, 0.2) is 0 Å². The number of benzene rings is 1. The van der Waals surface area contributed by atoms with Crippen molar-refractivity contribution in [1.29, 1.82) is 0 Å². The first-order valence-electron chi connectivity index (χ1n) is 6.63. The summed E-state index contributed by atoms with van der Waals surface area (Å²) in [5.74, 6) is -2.72. The Hall–Kier alpha value is -1.86. The van der Waals surface area contributed by atoms with E-state index in [0.29, 0.717) is 0 Å². The van der Waals surface area contributed by atoms with Crippen LogP contribution in [-0.4, -0.2) is 41.8 Å². The zero-order valence-corrected chi connectivity index (χ0v) is 13.7. The van der Waals surface area contributed by atoms with E-state index in [9.17, 15) is 0 Å². The minimum absolute atomic E-state index is 0.775. The van der Waals surface area contributed by atoms with Crippen molar-refractivity contribution in [3.05, 3.63) is 41.4 Å². The second kappa shape index (κ2) is 12.8. The second-order valence-electron chi connectivity index (χ2n) is 4.11. The second-order valence-corrected chi connectivity index (χ2v) is 5.03. The van der Waals surface area contributed by atoms with E-state index in [4.69, 9.17) is 24.5 Å². The molecule has 0 amide bonds. The highest BCUT2D eigenvalue weighted by Crippen LogP contribution is 2.16. The molecule has 7 heteroatoms. The molecule has 0 unspecified atom stereocenters. The Balaban J connectivity index is 0.000000626. The van der Waals surface area contributed by atoms with Gasteiger partial charge in [0.1, 0.15) is 5.75 Å². The van der Waals surface area contributed by atoms with Crippen LogP contribution >= 0.6 is 15.9 Å². The van der Waals surface area contributed by atoms with Crippen LogP contribution in [0, 0.1) is 0 Å². The van der Waals surface area contributed by atoms with Crippen molar-refractivity contribution in [1.82, 2.24) is 5.32 Å². The van der Waals surface area contributed by atoms with Crippen molar-refractivity contribution in [2.24, 2.45) is 0 Å². The van der Waals surface area contributed by atoms with Gasteiger partial charge >= 0.3 is 11.9 Å². The Morgan fingerprint density at radius 3 is 2.27 bits per heavy atom. The van der Waals surface area contributed by atoms with Gasteiger partial charge in [-0.15, -0.1) is 6.58 Å². The minimum Gasteiger partial charge on any atom is -0.494 e. The maximum atomic E-state index is 9.10. The standard InChI is InChI=1S/C13H18BrNO.C2H2O4/c1-2-9-15-10-3-4-11-16-13-7-5-12(14)6-8-13;3-1(4)2(5)6/h2,5-8,15H,1,3-4,9-11H2;(H,3,4)(H,5,6). The van der Waals surface area contributed by atoms with Gasteiger partial charge in [0, 0.05) is 11.0 Å². The summed E-state index contributed by atoms with van der Waals surface area (Å²) >= 11 is 3.39. The number of halogens is 1. The SMILES string of the molecule is C=CCNCCCCOc1ccc(Br)cc1.O=C(O)C(=O)O. The third-order valence-corrected chi connectivity index (χ3v) is 2.83. The van der Waals surface area contributed by atoms with Gasteiger partial charge in [0.2, 0.25) is 0 Å². The Kier molecular flexibility index (Phi) is 11.8. The van der Waals surface area contributed by atoms with Crippen LogP contribution in [0.5, 0.6) is 5.75 Å². The molecule has 0 atom stereocenters. The smallest absolute Gasteiger partial charge is 0.414 e. The van der Waals surface area contributed by atoms with Crippen molar-refractivity contribution in [3.8, 4) is 5.75 Å². The first-order chi connectivity index (χ1) is 10.5. The van der Waals surface area contributed by atoms with Crippen molar-refractivity contribution in [2.45, 2.75) is 12.8 Å². The molecule has 0 fully saturated rings. The molecular formula is C15H20BrNO5. The number of hydrogen-bond acceptors (Lipinski definition) is 4. The van der Waals surface area contributed by atoms with Gasteiger partial charge in [-0.1, -0.05) is 22.0 Å². The summed E-state index contributed by atoms with van der Waals surface area (Å²) in [6, 6.07) is 7.92. The molecule has 3 N–H and O–H groups in total. The summed E-state index contributed by atoms with van der Waals surface area (Å²) in [6.07, 6.45) is 4.07. The first kappa shape index (κ1) is 20.1. The lowest BCUT2D eigenvalue weighted by Gasteiger charge is -2.06. The predicted molar refractivity (Wildman–Crippen MR) is 87.2 cm³/mol. The third kappa shape index (κ3) is 11.9. The quantitative estimate of drug-likeness (QED) is 0.368. The predicted octanol–water partition coefficient (Wildman–Crippen LogP) is 2.54. The van der Waals surface area contributed by atoms with Crippen LogP contribution in [0.2, 0.25) is 0 Å². The number of hydrogen-bond donors (Lipinski definition) is 3. The summed E-state index contributed by atoms with van der Waals surface area (Å²) in [7, 11) is 0. The number of aliphatic carboxylic acids is 2. The molecule has 122 valence electrons. The maximum Gasteiger partial charge on any atom is 0.414 e. The van der Waals surface area contributed by atoms with Crippen molar-refractivity contribution < 1.29 is 24.5 Å². The number of ether oxygens (including phenoxy) is 1. The number of carboxylic acids is 2. The molecule has 0 aliphatic rings. The molecule has 1 aromatic rings. The molecule has 6 nitrogen and oxygen atoms in total. The van der Waals surface area contributed by atoms with Gasteiger partial charge in [-0.3, -0.25) is 0 Å². The summed E-state index contributed by atoms with van der Waals surface area (Å²) < 4.78 is 6.68. The van der Waals surface area contributed by atoms with Crippen LogP contribution in [-0.2, 0) is 9.59 Å². The normalized spacial score (nSPS) is 9.32. The number of rotatable bonds is 8. The number of nitrogens with one attached hydrogen (secondary N) is 1. The fourth-order valence-electron chi connectivity index (χ4n) is 1.28. The highest BCUT2D eigenvalue weighted by molar-refractivity contribution is 9.10. The summed E-state index contributed by atoms with van der Waals surface area (Å²) in [5, 5.41) is 18.0. The van der Waals surface area contributed by atoms with Crippen molar-refractivity contribution >= 4 is 27.9 Å². The van der Waals surface area contributed by atoms with Gasteiger partial charge in [0.05, 0.1) is 6.61 Å². The van der Waals surface area contributed by atoms with Gasteiger partial charge in [-0.05, 0) is 43.7 Å². The molecular weight excluding hydrogens is 354 g/mol. The maximum absolute atomic E-state index is 9.10. The van der Waals surface area contributed by atoms with Gasteiger partial charge in [-0.2, -0.15) is 0 Å². The molecule has 1 rings (SSSR count). The molecule has 0 heterocycles. The van der Waals surface area contributed by atoms with Gasteiger partial charge in [-0.25, -0.2) is 9.59 Å². The average molecular weight is 374 g/mol. The van der Waals surface area contributed by atoms with E-state index in [1.807, 2.05) is 30.3 Å². The summed E-state index contributed by atoms with van der Waals surface area (Å²) in [5.41, 5.74) is 0. The Labute approximate surface area is 137 Å². The zero-order chi connectivity index (χ0) is 16.8. The number of carbonyl (C=O) groups is 2. The molecule has 0 aliphatic heterocycles. The van der Waals surface area contributed by atoms with E-state index in [0.717, 1.165) is 42.8 Å². The van der Waals surface area contributed by atoms with E-state index in [2.05, 4.69) is 27.8 Å². The molecule has 1 aromatic carbocycles. The third-order valence-electron chi connectivity index (χ3n) is 2.30. The summed E-state index contributed by atoms with van der Waals surface area (Å²) in [6.45, 7) is 6.33. The van der Waals surface area contributed by atoms with Crippen LogP contribution in [0.4, 0.5) is 0 Å². The average Bonchev–Trinajstić information content (AvgIpc) is 2.49. The van der Waals surface area contributed by atoms with Gasteiger partial charge < -0.3 is 20.3 Å². The van der Waals surface area contributed by atoms with Gasteiger partial charge in [0.25, 0.3) is 0 Å². The fraction of sp³-hybridized carbons (Fsp3) is 0.333. The Morgan fingerprint density at radius 2 is 1.77 bits per heavy atom. The highest BCUT2D eigenvalue weighted by Gasteiger charge is 2.04. The van der Waals surface area contributed by atoms with E-state index in [1.54, 1.807) is 0 Å². The molecule has 0 aromatic heterocycles. The lowest BCUT2D eigenvalue weighted by atomic mass is 10.3. The van der Waals surface area contributed by atoms with E-state index in [1.165, 1.54) is 0 Å². The van der Waals surface area contributed by atoms with Crippen LogP contribution < -0.4 is 10.1 Å². The monoisotopic (exact) mass is 373 g/mol. The van der Waals surface area contributed by atoms with Crippen molar-refractivity contribution in [2.75, 3.05) is 19.7 Å². The van der Waals surface area contributed by atoms with Crippen LogP contribution in [0.25, 0.3) is 0 Å². The Bertz CT molecular complexity index is 450. The Morgan fingerprint density at radius 1 is 1.18 bits per heavy atom. The lowest BCUT2D eigenvalue weighted by Crippen LogP contribution is -2.15. The summed E-state index contributed by atoms with van der Waals surface area (Å²) in [4.78, 5) is 18.2. The highest BCUT2D eigenvalue weighted by atomic mass is 79.9. The molecule has 22 heavy (non-hydrogen) atoms. The van der Waals surface area contributed by atoms with Crippen LogP contribution in [0.3, 0.4) is 0 Å². The lowest BCUT2D eigenvalue weighted by molar-refractivity contribution is -0.159. The van der Waals surface area contributed by atoms with E-state index >= 15 is 0 Å². The molecule has 0 bridgehead atoms. The minimum atomic E-state index is -1.82. The van der Waals surface area contributed by atoms with Crippen LogP contribution in [0.15, 0.2) is 41.4 Å². The van der Waals surface area contributed by atoms with Crippen molar-refractivity contribution in [3.63, 3.8) is 0 Å². The zero-order valence-electron chi connectivity index (χ0n) is 12.1. The molecule has 0 aliphatic carbocycles. The van der Waals surface area contributed by atoms with E-state index < -0.39 is 11.9 Å². The topological polar surface area (TPSA) is 95.9 Å². The first-order valence-corrected chi connectivity index (χ1v) is 7.43. The molecule has 0 spiro atoms. The largest absolute Gasteiger partial charge is 0.494 e. The molecule has 0 radical (unpaired) electrons. The van der Waals surface area contributed by atoms with Crippen LogP contribution in [0.1, 0.15) is 12.8 Å². The number of unbranched alkanes of at least 4 members (excludes halogenated alkanes) is 1. The number of carboxylic acid groups (broad SMARTS) is 2. The molecule has 0 saturated heterocycles. The van der Waals surface area contributed by atoms with E-state index in [-0.39, 0.29) is 0 Å². The molecule has 0 saturated carbocycles.